The molecule has 1 atom stereocenters. The number of hydrogen-bond acceptors (Lipinski definition) is 7. The zero-order chi connectivity index (χ0) is 19.3. The van der Waals surface area contributed by atoms with Gasteiger partial charge in [0.1, 0.15) is 10.8 Å². The molecule has 0 bridgehead atoms. The molecule has 3 aromatic rings. The number of likely N-dealkylation sites (N-methyl/N-ethyl adjacent to an activating group) is 1. The molecule has 1 unspecified atom stereocenters. The van der Waals surface area contributed by atoms with Crippen LogP contribution in [0.25, 0.3) is 10.6 Å². The van der Waals surface area contributed by atoms with Gasteiger partial charge in [0.05, 0.1) is 12.8 Å². The fourth-order valence-corrected chi connectivity index (χ4v) is 4.55. The molecule has 7 heteroatoms. The molecule has 0 radical (unpaired) electrons. The van der Waals surface area contributed by atoms with E-state index in [4.69, 9.17) is 9.72 Å². The van der Waals surface area contributed by atoms with Crippen molar-refractivity contribution in [3.8, 4) is 16.3 Å². The number of ether oxygens (including phenoxy) is 1. The summed E-state index contributed by atoms with van der Waals surface area (Å²) in [6, 6.07) is 12.5. The van der Waals surface area contributed by atoms with Crippen molar-refractivity contribution in [2.24, 2.45) is 0 Å². The number of benzene rings is 1. The monoisotopic (exact) mass is 395 g/mol. The van der Waals surface area contributed by atoms with Crippen molar-refractivity contribution >= 4 is 17.2 Å². The second-order valence-electron chi connectivity index (χ2n) is 7.14. The van der Waals surface area contributed by atoms with E-state index in [1.807, 2.05) is 30.3 Å². The maximum absolute atomic E-state index is 5.32. The molecule has 4 rings (SSSR count). The van der Waals surface area contributed by atoms with Gasteiger partial charge < -0.3 is 9.64 Å². The molecule has 0 saturated carbocycles. The number of rotatable bonds is 7. The first-order valence-corrected chi connectivity index (χ1v) is 10.4. The molecule has 1 saturated heterocycles. The Morgan fingerprint density at radius 3 is 3.04 bits per heavy atom. The Balaban J connectivity index is 1.39. The number of hydrogen-bond donors (Lipinski definition) is 0. The van der Waals surface area contributed by atoms with E-state index in [0.29, 0.717) is 6.04 Å². The van der Waals surface area contributed by atoms with Crippen molar-refractivity contribution in [3.05, 3.63) is 53.7 Å². The van der Waals surface area contributed by atoms with E-state index in [1.54, 1.807) is 24.6 Å². The van der Waals surface area contributed by atoms with Crippen molar-refractivity contribution in [2.45, 2.75) is 25.4 Å². The number of nitrogens with zero attached hydrogens (tertiary/aromatic N) is 5. The summed E-state index contributed by atoms with van der Waals surface area (Å²) in [5.41, 5.74) is 2.21. The fourth-order valence-electron chi connectivity index (χ4n) is 3.74. The van der Waals surface area contributed by atoms with Gasteiger partial charge in [0.15, 0.2) is 5.82 Å². The Morgan fingerprint density at radius 1 is 1.29 bits per heavy atom. The van der Waals surface area contributed by atoms with Crippen molar-refractivity contribution < 1.29 is 4.74 Å². The van der Waals surface area contributed by atoms with Crippen LogP contribution in [0.3, 0.4) is 0 Å². The van der Waals surface area contributed by atoms with Crippen LogP contribution in [-0.4, -0.2) is 53.4 Å². The van der Waals surface area contributed by atoms with Crippen LogP contribution in [0.15, 0.2) is 48.0 Å². The molecule has 1 aliphatic heterocycles. The van der Waals surface area contributed by atoms with Gasteiger partial charge in [-0.05, 0) is 44.2 Å². The van der Waals surface area contributed by atoms with E-state index >= 15 is 0 Å². The summed E-state index contributed by atoms with van der Waals surface area (Å²) >= 11 is 1.68. The third-order valence-electron chi connectivity index (χ3n) is 5.05. The summed E-state index contributed by atoms with van der Waals surface area (Å²) in [6.07, 6.45) is 4.11. The molecule has 0 spiro atoms. The molecule has 1 fully saturated rings. The fraction of sp³-hybridized carbons (Fsp3) is 0.381. The lowest BCUT2D eigenvalue weighted by Crippen LogP contribution is -2.39. The van der Waals surface area contributed by atoms with Gasteiger partial charge in [-0.3, -0.25) is 4.90 Å². The van der Waals surface area contributed by atoms with Crippen molar-refractivity contribution in [2.75, 3.05) is 32.1 Å². The summed E-state index contributed by atoms with van der Waals surface area (Å²) in [5.74, 6) is 1.84. The van der Waals surface area contributed by atoms with Crippen LogP contribution in [-0.2, 0) is 6.54 Å². The Kier molecular flexibility index (Phi) is 5.83. The SMILES string of the molecule is COc1cccc(-c2nc(CN(C)CC3CCCN3c3cccnn3)cs2)c1. The summed E-state index contributed by atoms with van der Waals surface area (Å²) in [5, 5.41) is 11.5. The lowest BCUT2D eigenvalue weighted by atomic mass is 10.2. The van der Waals surface area contributed by atoms with E-state index in [-0.39, 0.29) is 0 Å². The molecule has 0 amide bonds. The zero-order valence-corrected chi connectivity index (χ0v) is 17.1. The minimum Gasteiger partial charge on any atom is -0.497 e. The predicted octanol–water partition coefficient (Wildman–Crippen LogP) is 3.71. The molecule has 146 valence electrons. The zero-order valence-electron chi connectivity index (χ0n) is 16.3. The van der Waals surface area contributed by atoms with Crippen LogP contribution in [0.2, 0.25) is 0 Å². The van der Waals surface area contributed by atoms with Crippen molar-refractivity contribution in [1.29, 1.82) is 0 Å². The average Bonchev–Trinajstić information content (AvgIpc) is 3.38. The van der Waals surface area contributed by atoms with E-state index < -0.39 is 0 Å². The Morgan fingerprint density at radius 2 is 2.21 bits per heavy atom. The molecule has 28 heavy (non-hydrogen) atoms. The number of methoxy groups -OCH3 is 1. The lowest BCUT2D eigenvalue weighted by molar-refractivity contribution is 0.300. The maximum atomic E-state index is 5.32. The van der Waals surface area contributed by atoms with Crippen LogP contribution in [0.4, 0.5) is 5.82 Å². The van der Waals surface area contributed by atoms with Gasteiger partial charge in [-0.25, -0.2) is 4.98 Å². The van der Waals surface area contributed by atoms with Crippen LogP contribution >= 0.6 is 11.3 Å². The van der Waals surface area contributed by atoms with E-state index in [9.17, 15) is 0 Å². The van der Waals surface area contributed by atoms with Gasteiger partial charge in [-0.15, -0.1) is 16.4 Å². The standard InChI is InChI=1S/C21H25N5OS/c1-25(14-18-7-5-11-26(18)20-9-4-10-22-24-20)13-17-15-28-21(23-17)16-6-3-8-19(12-16)27-2/h3-4,6,8-10,12,15,18H,5,7,11,13-14H2,1-2H3. The number of anilines is 1. The molecule has 3 heterocycles. The highest BCUT2D eigenvalue weighted by molar-refractivity contribution is 7.13. The van der Waals surface area contributed by atoms with Gasteiger partial charge in [0, 0.05) is 42.8 Å². The van der Waals surface area contributed by atoms with Crippen LogP contribution in [0, 0.1) is 0 Å². The highest BCUT2D eigenvalue weighted by Crippen LogP contribution is 2.28. The van der Waals surface area contributed by atoms with Crippen molar-refractivity contribution in [1.82, 2.24) is 20.1 Å². The third kappa shape index (κ3) is 4.31. The van der Waals surface area contributed by atoms with Crippen LogP contribution in [0.1, 0.15) is 18.5 Å². The van der Waals surface area contributed by atoms with Gasteiger partial charge in [0.2, 0.25) is 0 Å². The average molecular weight is 396 g/mol. The number of aromatic nitrogens is 3. The Hall–Kier alpha value is -2.51. The molecular formula is C21H25N5OS. The highest BCUT2D eigenvalue weighted by Gasteiger charge is 2.27. The molecule has 1 aromatic carbocycles. The minimum atomic E-state index is 0.471. The Bertz CT molecular complexity index is 901. The summed E-state index contributed by atoms with van der Waals surface area (Å²) in [7, 11) is 3.85. The van der Waals surface area contributed by atoms with E-state index in [0.717, 1.165) is 47.5 Å². The molecule has 6 nitrogen and oxygen atoms in total. The number of thiazole rings is 1. The first-order chi connectivity index (χ1) is 13.7. The Labute approximate surface area is 169 Å². The summed E-state index contributed by atoms with van der Waals surface area (Å²) in [4.78, 5) is 9.57. The first kappa shape index (κ1) is 18.8. The van der Waals surface area contributed by atoms with Gasteiger partial charge in [-0.1, -0.05) is 12.1 Å². The second-order valence-corrected chi connectivity index (χ2v) is 8.00. The molecule has 1 aliphatic rings. The van der Waals surface area contributed by atoms with Crippen molar-refractivity contribution in [3.63, 3.8) is 0 Å². The lowest BCUT2D eigenvalue weighted by Gasteiger charge is -2.28. The first-order valence-electron chi connectivity index (χ1n) is 9.54. The summed E-state index contributed by atoms with van der Waals surface area (Å²) in [6.45, 7) is 2.88. The van der Waals surface area contributed by atoms with Gasteiger partial charge in [-0.2, -0.15) is 5.10 Å². The quantitative estimate of drug-likeness (QED) is 0.608. The molecular weight excluding hydrogens is 370 g/mol. The topological polar surface area (TPSA) is 54.4 Å². The third-order valence-corrected chi connectivity index (χ3v) is 5.99. The maximum Gasteiger partial charge on any atom is 0.151 e. The van der Waals surface area contributed by atoms with Gasteiger partial charge in [0.25, 0.3) is 0 Å². The summed E-state index contributed by atoms with van der Waals surface area (Å²) < 4.78 is 5.32. The minimum absolute atomic E-state index is 0.471. The highest BCUT2D eigenvalue weighted by atomic mass is 32.1. The normalized spacial score (nSPS) is 16.7. The molecule has 0 N–H and O–H groups in total. The molecule has 0 aliphatic carbocycles. The van der Waals surface area contributed by atoms with Gasteiger partial charge >= 0.3 is 0 Å². The van der Waals surface area contributed by atoms with Crippen LogP contribution < -0.4 is 9.64 Å². The second kappa shape index (κ2) is 8.67. The smallest absolute Gasteiger partial charge is 0.151 e. The largest absolute Gasteiger partial charge is 0.497 e. The predicted molar refractivity (Wildman–Crippen MR) is 113 cm³/mol. The molecule has 2 aromatic heterocycles. The van der Waals surface area contributed by atoms with Crippen LogP contribution in [0.5, 0.6) is 5.75 Å². The van der Waals surface area contributed by atoms with E-state index in [2.05, 4.69) is 38.5 Å². The van der Waals surface area contributed by atoms with E-state index in [1.165, 1.54) is 12.8 Å².